The molecule has 0 spiro atoms. The highest BCUT2D eigenvalue weighted by atomic mass is 32.1. The third-order valence-corrected chi connectivity index (χ3v) is 13.7. The highest BCUT2D eigenvalue weighted by molar-refractivity contribution is 7.26. The summed E-state index contributed by atoms with van der Waals surface area (Å²) in [6.45, 7) is 4.75. The third-order valence-electron chi connectivity index (χ3n) is 12.4. The minimum Gasteiger partial charge on any atom is -0.455 e. The summed E-state index contributed by atoms with van der Waals surface area (Å²) in [4.78, 5) is 2.49. The summed E-state index contributed by atoms with van der Waals surface area (Å²) in [5, 5.41) is 7.27. The largest absolute Gasteiger partial charge is 0.455 e. The van der Waals surface area contributed by atoms with Crippen molar-refractivity contribution in [1.29, 1.82) is 0 Å². The van der Waals surface area contributed by atoms with E-state index in [1.54, 1.807) is 0 Å². The van der Waals surface area contributed by atoms with Crippen LogP contribution in [0.5, 0.6) is 0 Å². The van der Waals surface area contributed by atoms with Crippen molar-refractivity contribution in [1.82, 2.24) is 0 Å². The van der Waals surface area contributed by atoms with Crippen LogP contribution in [0, 0.1) is 0 Å². The van der Waals surface area contributed by atoms with Crippen LogP contribution in [0.3, 0.4) is 0 Å². The lowest BCUT2D eigenvalue weighted by atomic mass is 9.81. The van der Waals surface area contributed by atoms with Crippen LogP contribution in [0.25, 0.3) is 86.3 Å². The van der Waals surface area contributed by atoms with Crippen LogP contribution in [-0.4, -0.2) is 0 Å². The van der Waals surface area contributed by atoms with Crippen molar-refractivity contribution in [3.05, 3.63) is 199 Å². The molecule has 0 saturated carbocycles. The number of furan rings is 1. The van der Waals surface area contributed by atoms with Gasteiger partial charge in [-0.2, -0.15) is 0 Å². The molecule has 9 aromatic carbocycles. The van der Waals surface area contributed by atoms with E-state index in [0.29, 0.717) is 0 Å². The molecule has 274 valence electrons. The van der Waals surface area contributed by atoms with Gasteiger partial charge in [0.15, 0.2) is 0 Å². The fraction of sp³-hybridized carbons (Fsp3) is 0.0545. The molecule has 0 amide bonds. The third kappa shape index (κ3) is 4.84. The number of thiophene rings is 1. The Morgan fingerprint density at radius 3 is 1.95 bits per heavy atom. The van der Waals surface area contributed by atoms with Gasteiger partial charge in [-0.3, -0.25) is 0 Å². The van der Waals surface area contributed by atoms with E-state index < -0.39 is 0 Å². The van der Waals surface area contributed by atoms with Gasteiger partial charge in [-0.1, -0.05) is 159 Å². The molecule has 0 saturated heterocycles. The van der Waals surface area contributed by atoms with Crippen molar-refractivity contribution in [2.45, 2.75) is 19.3 Å². The summed E-state index contributed by atoms with van der Waals surface area (Å²) >= 11 is 1.88. The Kier molecular flexibility index (Phi) is 7.18. The molecule has 11 aromatic rings. The van der Waals surface area contributed by atoms with Crippen molar-refractivity contribution in [3.63, 3.8) is 0 Å². The van der Waals surface area contributed by atoms with Gasteiger partial charge in [0.05, 0.1) is 11.4 Å². The van der Waals surface area contributed by atoms with Gasteiger partial charge in [0.2, 0.25) is 0 Å². The van der Waals surface area contributed by atoms with Gasteiger partial charge in [0.25, 0.3) is 0 Å². The Bertz CT molecular complexity index is 3440. The van der Waals surface area contributed by atoms with E-state index in [0.717, 1.165) is 44.4 Å². The predicted molar refractivity (Wildman–Crippen MR) is 247 cm³/mol. The molecule has 1 aliphatic rings. The van der Waals surface area contributed by atoms with Crippen molar-refractivity contribution < 1.29 is 4.42 Å². The number of hydrogen-bond donors (Lipinski definition) is 0. The van der Waals surface area contributed by atoms with E-state index >= 15 is 0 Å². The van der Waals surface area contributed by atoms with Crippen LogP contribution in [0.2, 0.25) is 0 Å². The van der Waals surface area contributed by atoms with Crippen LogP contribution >= 0.6 is 11.3 Å². The quantitative estimate of drug-likeness (QED) is 0.174. The standard InChI is InChI=1S/C55H37NOS/c1-55(2)47-24-8-5-16-39(47)42-20-13-26-49(52(42)55)56(37-30-28-34(29-31-37)38-19-11-23-45-41-18-7-10-27-51(41)58-54(38)45)48-25-9-6-17-40(48)43-21-12-22-44-46-32-35-14-3-4-15-36(35)33-50(46)57-53(43)44/h3-33H,1-2H3. The zero-order valence-corrected chi connectivity index (χ0v) is 33.0. The van der Waals surface area contributed by atoms with Crippen LogP contribution in [-0.2, 0) is 5.41 Å². The van der Waals surface area contributed by atoms with Crippen LogP contribution in [0.4, 0.5) is 17.1 Å². The number of benzene rings is 9. The van der Waals surface area contributed by atoms with E-state index in [4.69, 9.17) is 4.42 Å². The van der Waals surface area contributed by atoms with E-state index in [1.165, 1.54) is 70.0 Å². The summed E-state index contributed by atoms with van der Waals surface area (Å²) in [5.74, 6) is 0. The fourth-order valence-corrected chi connectivity index (χ4v) is 11.0. The second-order valence-electron chi connectivity index (χ2n) is 16.0. The van der Waals surface area contributed by atoms with Gasteiger partial charge in [-0.05, 0) is 86.6 Å². The molecule has 0 aliphatic heterocycles. The second-order valence-corrected chi connectivity index (χ2v) is 17.1. The summed E-state index contributed by atoms with van der Waals surface area (Å²) < 4.78 is 9.49. The van der Waals surface area contributed by atoms with Crippen molar-refractivity contribution in [3.8, 4) is 33.4 Å². The smallest absolute Gasteiger partial charge is 0.143 e. The van der Waals surface area contributed by atoms with E-state index in [-0.39, 0.29) is 5.41 Å². The molecule has 1 aliphatic carbocycles. The lowest BCUT2D eigenvalue weighted by molar-refractivity contribution is 0.660. The molecular weight excluding hydrogens is 723 g/mol. The molecule has 3 heteroatoms. The van der Waals surface area contributed by atoms with Gasteiger partial charge in [-0.25, -0.2) is 0 Å². The van der Waals surface area contributed by atoms with Gasteiger partial charge in [0.1, 0.15) is 11.2 Å². The number of fused-ring (bicyclic) bond motifs is 10. The molecule has 2 heterocycles. The molecule has 0 radical (unpaired) electrons. The Balaban J connectivity index is 1.08. The highest BCUT2D eigenvalue weighted by Gasteiger charge is 2.39. The Labute approximate surface area is 340 Å². The summed E-state index contributed by atoms with van der Waals surface area (Å²) in [6.07, 6.45) is 0. The Hall–Kier alpha value is -6.94. The summed E-state index contributed by atoms with van der Waals surface area (Å²) in [7, 11) is 0. The van der Waals surface area contributed by atoms with Gasteiger partial charge in [-0.15, -0.1) is 11.3 Å². The minimum atomic E-state index is -0.215. The average Bonchev–Trinajstić information content (AvgIpc) is 3.91. The van der Waals surface area contributed by atoms with Crippen LogP contribution in [0.1, 0.15) is 25.0 Å². The van der Waals surface area contributed by atoms with E-state index in [2.05, 4.69) is 207 Å². The molecule has 2 aromatic heterocycles. The number of anilines is 3. The zero-order chi connectivity index (χ0) is 38.5. The van der Waals surface area contributed by atoms with E-state index in [9.17, 15) is 0 Å². The van der Waals surface area contributed by atoms with Gasteiger partial charge >= 0.3 is 0 Å². The maximum Gasteiger partial charge on any atom is 0.143 e. The molecule has 0 unspecified atom stereocenters. The molecular formula is C55H37NOS. The molecule has 58 heavy (non-hydrogen) atoms. The zero-order valence-electron chi connectivity index (χ0n) is 32.2. The molecule has 12 rings (SSSR count). The predicted octanol–water partition coefficient (Wildman–Crippen LogP) is 16.2. The normalized spacial score (nSPS) is 13.1. The Morgan fingerprint density at radius 1 is 0.466 bits per heavy atom. The number of hydrogen-bond acceptors (Lipinski definition) is 3. The first-order chi connectivity index (χ1) is 28.5. The maximum atomic E-state index is 6.85. The average molecular weight is 760 g/mol. The first-order valence-corrected chi connectivity index (χ1v) is 20.8. The topological polar surface area (TPSA) is 16.4 Å². The second kappa shape index (κ2) is 12.5. The molecule has 0 bridgehead atoms. The molecule has 0 N–H and O–H groups in total. The van der Waals surface area contributed by atoms with Crippen molar-refractivity contribution in [2.75, 3.05) is 4.90 Å². The monoisotopic (exact) mass is 759 g/mol. The molecule has 0 fully saturated rings. The van der Waals surface area contributed by atoms with Gasteiger partial charge in [0, 0.05) is 53.2 Å². The van der Waals surface area contributed by atoms with Gasteiger partial charge < -0.3 is 9.32 Å². The lowest BCUT2D eigenvalue weighted by Gasteiger charge is -2.33. The van der Waals surface area contributed by atoms with Crippen molar-refractivity contribution >= 4 is 81.3 Å². The number of rotatable bonds is 5. The van der Waals surface area contributed by atoms with Crippen LogP contribution in [0.15, 0.2) is 192 Å². The summed E-state index contributed by atoms with van der Waals surface area (Å²) in [5.41, 5.74) is 14.9. The molecule has 2 nitrogen and oxygen atoms in total. The number of nitrogens with zero attached hydrogens (tertiary/aromatic N) is 1. The highest BCUT2D eigenvalue weighted by Crippen LogP contribution is 2.55. The SMILES string of the molecule is CC1(C)c2ccccc2-c2cccc(N(c3ccc(-c4cccc5c4sc4ccccc45)cc3)c3ccccc3-c3cccc4c3oc3cc5ccccc5cc34)c21. The van der Waals surface area contributed by atoms with Crippen molar-refractivity contribution in [2.24, 2.45) is 0 Å². The minimum absolute atomic E-state index is 0.215. The molecule has 0 atom stereocenters. The fourth-order valence-electron chi connectivity index (χ4n) is 9.77. The van der Waals surface area contributed by atoms with Crippen LogP contribution < -0.4 is 4.90 Å². The summed E-state index contributed by atoms with van der Waals surface area (Å²) in [6, 6.07) is 68.8. The maximum absolute atomic E-state index is 6.85. The van der Waals surface area contributed by atoms with E-state index in [1.807, 2.05) is 11.3 Å². The lowest BCUT2D eigenvalue weighted by Crippen LogP contribution is -2.21. The number of para-hydroxylation sites is 2. The Morgan fingerprint density at radius 2 is 1.09 bits per heavy atom. The first kappa shape index (κ1) is 33.2. The first-order valence-electron chi connectivity index (χ1n) is 20.0.